The van der Waals surface area contributed by atoms with Crippen LogP contribution in [0.5, 0.6) is 0 Å². The van der Waals surface area contributed by atoms with Crippen molar-refractivity contribution in [3.63, 3.8) is 0 Å². The third kappa shape index (κ3) is 8.66. The summed E-state index contributed by atoms with van der Waals surface area (Å²) in [7, 11) is 0. The number of aryl methyl sites for hydroxylation is 2. The van der Waals surface area contributed by atoms with E-state index in [2.05, 4.69) is 112 Å². The summed E-state index contributed by atoms with van der Waals surface area (Å²) in [5.74, 6) is 0. The number of allylic oxidation sites excluding steroid dienone is 1. The number of nitrogens with one attached hydrogen (secondary N) is 1. The molecule has 1 unspecified atom stereocenters. The fourth-order valence-corrected chi connectivity index (χ4v) is 5.02. The maximum absolute atomic E-state index is 4.39. The molecule has 2 aromatic carbocycles. The maximum Gasteiger partial charge on any atom is 0.0377 e. The molecule has 2 nitrogen and oxygen atoms in total. The molecule has 0 spiro atoms. The summed E-state index contributed by atoms with van der Waals surface area (Å²) in [4.78, 5) is 3.81. The number of hydrogen-bond acceptors (Lipinski definition) is 3. The lowest BCUT2D eigenvalue weighted by Gasteiger charge is -2.35. The summed E-state index contributed by atoms with van der Waals surface area (Å²) in [5.41, 5.74) is 6.78. The van der Waals surface area contributed by atoms with Crippen LogP contribution in [0.25, 0.3) is 5.57 Å². The van der Waals surface area contributed by atoms with Crippen molar-refractivity contribution in [2.45, 2.75) is 65.6 Å². The van der Waals surface area contributed by atoms with Crippen LogP contribution in [-0.2, 0) is 6.54 Å². The zero-order valence-electron chi connectivity index (χ0n) is 21.1. The van der Waals surface area contributed by atoms with E-state index in [1.807, 2.05) is 0 Å². The van der Waals surface area contributed by atoms with Crippen LogP contribution in [0.2, 0.25) is 0 Å². The molecule has 3 heteroatoms. The summed E-state index contributed by atoms with van der Waals surface area (Å²) in [6, 6.07) is 18.4. The molecular formula is C30H42N2S. The predicted octanol–water partition coefficient (Wildman–Crippen LogP) is 7.75. The van der Waals surface area contributed by atoms with Crippen molar-refractivity contribution in [3.05, 3.63) is 101 Å². The molecule has 0 radical (unpaired) electrons. The van der Waals surface area contributed by atoms with E-state index in [1.54, 1.807) is 11.8 Å². The number of piperidine rings is 1. The molecule has 1 saturated heterocycles. The first kappa shape index (κ1) is 27.2. The van der Waals surface area contributed by atoms with Crippen LogP contribution in [0.15, 0.2) is 78.6 Å². The first-order valence-corrected chi connectivity index (χ1v) is 13.0. The lowest BCUT2D eigenvalue weighted by molar-refractivity contribution is 0.186. The van der Waals surface area contributed by atoms with Crippen molar-refractivity contribution in [3.8, 4) is 0 Å². The first-order chi connectivity index (χ1) is 16.0. The molecule has 3 rings (SSSR count). The van der Waals surface area contributed by atoms with Gasteiger partial charge in [-0.3, -0.25) is 4.90 Å². The Morgan fingerprint density at radius 1 is 1.09 bits per heavy atom. The molecule has 1 atom stereocenters. The molecule has 1 aliphatic rings. The molecular weight excluding hydrogens is 420 g/mol. The number of nitrogens with zero attached hydrogens (tertiary/aromatic N) is 1. The van der Waals surface area contributed by atoms with E-state index in [4.69, 9.17) is 0 Å². The number of benzene rings is 2. The second kappa shape index (κ2) is 14.2. The summed E-state index contributed by atoms with van der Waals surface area (Å²) in [5, 5.41) is 6.14. The van der Waals surface area contributed by atoms with E-state index < -0.39 is 0 Å². The predicted molar refractivity (Wildman–Crippen MR) is 150 cm³/mol. The Hall–Kier alpha value is -2.07. The zero-order valence-corrected chi connectivity index (χ0v) is 21.9. The summed E-state index contributed by atoms with van der Waals surface area (Å²) < 4.78 is 0. The van der Waals surface area contributed by atoms with E-state index in [0.717, 1.165) is 26.1 Å². The van der Waals surface area contributed by atoms with E-state index >= 15 is 0 Å². The highest BCUT2D eigenvalue weighted by molar-refractivity contribution is 8.06. The highest BCUT2D eigenvalue weighted by Crippen LogP contribution is 2.27. The lowest BCUT2D eigenvalue weighted by atomic mass is 10.0. The molecule has 1 N–H and O–H groups in total. The first-order valence-electron chi connectivity index (χ1n) is 12.1. The Bertz CT molecular complexity index is 895. The minimum absolute atomic E-state index is 0.362. The van der Waals surface area contributed by atoms with Crippen LogP contribution in [0, 0.1) is 13.8 Å². The number of hydrogen-bond donors (Lipinski definition) is 1. The Kier molecular flexibility index (Phi) is 11.7. The number of likely N-dealkylation sites (tertiary alicyclic amines) is 1. The maximum atomic E-state index is 4.39. The van der Waals surface area contributed by atoms with Crippen LogP contribution in [0.3, 0.4) is 0 Å². The molecule has 1 fully saturated rings. The van der Waals surface area contributed by atoms with E-state index in [0.29, 0.717) is 12.1 Å². The van der Waals surface area contributed by atoms with Crippen molar-refractivity contribution in [1.29, 1.82) is 0 Å². The average molecular weight is 463 g/mol. The van der Waals surface area contributed by atoms with Crippen LogP contribution in [0.1, 0.15) is 55.4 Å². The molecule has 0 bridgehead atoms. The second-order valence-electron chi connectivity index (χ2n) is 8.85. The van der Waals surface area contributed by atoms with Gasteiger partial charge in [-0.2, -0.15) is 0 Å². The van der Waals surface area contributed by atoms with Gasteiger partial charge in [0.15, 0.2) is 0 Å². The van der Waals surface area contributed by atoms with Gasteiger partial charge in [-0.1, -0.05) is 62.0 Å². The van der Waals surface area contributed by atoms with Crippen molar-refractivity contribution in [1.82, 2.24) is 10.2 Å². The van der Waals surface area contributed by atoms with Gasteiger partial charge in [0.2, 0.25) is 0 Å². The second-order valence-corrected chi connectivity index (χ2v) is 9.84. The van der Waals surface area contributed by atoms with Gasteiger partial charge in [-0.15, -0.1) is 24.9 Å². The fourth-order valence-electron chi connectivity index (χ4n) is 4.16. The summed E-state index contributed by atoms with van der Waals surface area (Å²) >= 11 is 1.78. The molecule has 33 heavy (non-hydrogen) atoms. The molecule has 1 heterocycles. The third-order valence-electron chi connectivity index (χ3n) is 6.42. The van der Waals surface area contributed by atoms with Crippen LogP contribution < -0.4 is 5.32 Å². The van der Waals surface area contributed by atoms with Gasteiger partial charge in [0.25, 0.3) is 0 Å². The van der Waals surface area contributed by atoms with Gasteiger partial charge in [0.1, 0.15) is 0 Å². The number of rotatable bonds is 9. The van der Waals surface area contributed by atoms with E-state index in [-0.39, 0.29) is 0 Å². The van der Waals surface area contributed by atoms with Crippen molar-refractivity contribution in [2.75, 3.05) is 13.1 Å². The molecule has 0 aliphatic carbocycles. The van der Waals surface area contributed by atoms with Gasteiger partial charge in [0, 0.05) is 18.6 Å². The number of thioether (sulfide) groups is 1. The summed E-state index contributed by atoms with van der Waals surface area (Å²) in [6.45, 7) is 22.6. The van der Waals surface area contributed by atoms with Crippen molar-refractivity contribution in [2.24, 2.45) is 0 Å². The van der Waals surface area contributed by atoms with Crippen molar-refractivity contribution >= 4 is 17.3 Å². The van der Waals surface area contributed by atoms with Gasteiger partial charge >= 0.3 is 0 Å². The highest BCUT2D eigenvalue weighted by atomic mass is 32.2. The average Bonchev–Trinajstić information content (AvgIpc) is 2.86. The van der Waals surface area contributed by atoms with Gasteiger partial charge in [-0.25, -0.2) is 0 Å². The molecule has 178 valence electrons. The zero-order chi connectivity index (χ0) is 24.2. The SMILES string of the molecule is C=C.C=C(S/C=C(\C)c1ccccc1)C(CC)NC1CCN(Cc2ccc(C)c(C)c2)CC1. The Morgan fingerprint density at radius 3 is 2.36 bits per heavy atom. The molecule has 0 amide bonds. The topological polar surface area (TPSA) is 15.3 Å². The van der Waals surface area contributed by atoms with E-state index in [1.165, 1.54) is 45.6 Å². The monoisotopic (exact) mass is 462 g/mol. The van der Waals surface area contributed by atoms with Crippen molar-refractivity contribution < 1.29 is 0 Å². The molecule has 0 aromatic heterocycles. The standard InChI is InChI=1S/C28H38N2S.C2H4/c1-6-28(24(5)31-20-23(4)26-10-8-7-9-11-26)29-27-14-16-30(17-15-27)19-25-13-12-21(2)22(3)18-25;1-2/h7-13,18,20,27-29H,5-6,14-17,19H2,1-4H3;1-2H2/b23-20+;. The van der Waals surface area contributed by atoms with Crippen LogP contribution in [-0.4, -0.2) is 30.1 Å². The van der Waals surface area contributed by atoms with Gasteiger partial charge < -0.3 is 5.32 Å². The highest BCUT2D eigenvalue weighted by Gasteiger charge is 2.22. The van der Waals surface area contributed by atoms with E-state index in [9.17, 15) is 0 Å². The van der Waals surface area contributed by atoms with Crippen LogP contribution in [0.4, 0.5) is 0 Å². The Labute approximate surface area is 206 Å². The Balaban J connectivity index is 0.00000187. The van der Waals surface area contributed by atoms with Gasteiger partial charge in [0.05, 0.1) is 0 Å². The quantitative estimate of drug-likeness (QED) is 0.384. The lowest BCUT2D eigenvalue weighted by Crippen LogP contribution is -2.46. The minimum Gasteiger partial charge on any atom is -0.307 e. The molecule has 2 aromatic rings. The largest absolute Gasteiger partial charge is 0.307 e. The fraction of sp³-hybridized carbons (Fsp3) is 0.400. The third-order valence-corrected chi connectivity index (χ3v) is 7.47. The molecule has 0 saturated carbocycles. The minimum atomic E-state index is 0.362. The van der Waals surface area contributed by atoms with Crippen LogP contribution >= 0.6 is 11.8 Å². The Morgan fingerprint density at radius 2 is 1.76 bits per heavy atom. The summed E-state index contributed by atoms with van der Waals surface area (Å²) in [6.07, 6.45) is 3.49. The normalized spacial score (nSPS) is 16.1. The smallest absolute Gasteiger partial charge is 0.0377 e. The van der Waals surface area contributed by atoms with Gasteiger partial charge in [-0.05, 0) is 91.3 Å². The molecule has 1 aliphatic heterocycles.